The predicted octanol–water partition coefficient (Wildman–Crippen LogP) is 2.09. The summed E-state index contributed by atoms with van der Waals surface area (Å²) in [7, 11) is 0. The molecule has 3 aromatic heterocycles. The summed E-state index contributed by atoms with van der Waals surface area (Å²) in [6, 6.07) is 7.41. The zero-order valence-corrected chi connectivity index (χ0v) is 9.18. The second-order valence-corrected chi connectivity index (χ2v) is 4.48. The minimum atomic E-state index is 0.160. The first-order valence-electron chi connectivity index (χ1n) is 4.88. The molecule has 0 radical (unpaired) electrons. The molecule has 0 bridgehead atoms. The number of aromatic hydroxyl groups is 1. The second-order valence-electron chi connectivity index (χ2n) is 3.45. The van der Waals surface area contributed by atoms with E-state index in [9.17, 15) is 5.11 Å². The van der Waals surface area contributed by atoms with Crippen LogP contribution in [0.3, 0.4) is 0 Å². The molecule has 4 nitrogen and oxygen atoms in total. The van der Waals surface area contributed by atoms with Crippen molar-refractivity contribution in [3.63, 3.8) is 0 Å². The standard InChI is InChI=1S/C11H9N3OS/c15-9-4-1-5-14-11(9)12-10(13-14)7-8-3-2-6-16-8/h1-6,15H,7H2. The molecule has 80 valence electrons. The molecule has 0 atom stereocenters. The fraction of sp³-hybridized carbons (Fsp3) is 0.0909. The molecule has 0 fully saturated rings. The molecule has 0 spiro atoms. The molecule has 5 heteroatoms. The molecule has 3 rings (SSSR count). The second kappa shape index (κ2) is 3.61. The van der Waals surface area contributed by atoms with E-state index in [1.165, 1.54) is 4.88 Å². The van der Waals surface area contributed by atoms with Crippen LogP contribution in [0.5, 0.6) is 5.75 Å². The molecule has 0 saturated carbocycles. The molecule has 0 aliphatic carbocycles. The fourth-order valence-electron chi connectivity index (χ4n) is 1.58. The molecular formula is C11H9N3OS. The summed E-state index contributed by atoms with van der Waals surface area (Å²) in [5, 5.41) is 15.9. The van der Waals surface area contributed by atoms with Crippen molar-refractivity contribution in [2.24, 2.45) is 0 Å². The van der Waals surface area contributed by atoms with Crippen LogP contribution in [-0.2, 0) is 6.42 Å². The molecular weight excluding hydrogens is 222 g/mol. The molecule has 3 heterocycles. The van der Waals surface area contributed by atoms with Gasteiger partial charge in [-0.15, -0.1) is 11.3 Å². The van der Waals surface area contributed by atoms with Gasteiger partial charge in [0.05, 0.1) is 0 Å². The van der Waals surface area contributed by atoms with Gasteiger partial charge in [-0.05, 0) is 23.6 Å². The van der Waals surface area contributed by atoms with Crippen LogP contribution in [-0.4, -0.2) is 19.7 Å². The number of pyridine rings is 1. The lowest BCUT2D eigenvalue weighted by molar-refractivity contribution is 0.477. The number of hydrogen-bond acceptors (Lipinski definition) is 4. The van der Waals surface area contributed by atoms with Crippen LogP contribution in [0.25, 0.3) is 5.65 Å². The molecule has 16 heavy (non-hydrogen) atoms. The van der Waals surface area contributed by atoms with Gasteiger partial charge in [-0.25, -0.2) is 9.50 Å². The molecule has 0 unspecified atom stereocenters. The summed E-state index contributed by atoms with van der Waals surface area (Å²) >= 11 is 1.68. The normalized spacial score (nSPS) is 11.0. The first kappa shape index (κ1) is 9.35. The van der Waals surface area contributed by atoms with Gasteiger partial charge in [0.1, 0.15) is 0 Å². The van der Waals surface area contributed by atoms with E-state index >= 15 is 0 Å². The van der Waals surface area contributed by atoms with Gasteiger partial charge in [-0.3, -0.25) is 0 Å². The zero-order chi connectivity index (χ0) is 11.0. The van der Waals surface area contributed by atoms with E-state index in [1.54, 1.807) is 34.2 Å². The summed E-state index contributed by atoms with van der Waals surface area (Å²) in [5.74, 6) is 0.886. The number of fused-ring (bicyclic) bond motifs is 1. The van der Waals surface area contributed by atoms with Crippen molar-refractivity contribution < 1.29 is 5.11 Å². The van der Waals surface area contributed by atoms with Crippen molar-refractivity contribution in [1.82, 2.24) is 14.6 Å². The van der Waals surface area contributed by atoms with Gasteiger partial charge >= 0.3 is 0 Å². The van der Waals surface area contributed by atoms with E-state index in [0.29, 0.717) is 12.1 Å². The van der Waals surface area contributed by atoms with E-state index in [1.807, 2.05) is 11.4 Å². The lowest BCUT2D eigenvalue weighted by atomic mass is 10.3. The van der Waals surface area contributed by atoms with Crippen molar-refractivity contribution in [2.45, 2.75) is 6.42 Å². The Bertz CT molecular complexity index is 615. The Hall–Kier alpha value is -1.88. The van der Waals surface area contributed by atoms with E-state index in [-0.39, 0.29) is 5.75 Å². The molecule has 0 saturated heterocycles. The molecule has 0 amide bonds. The Labute approximate surface area is 95.8 Å². The van der Waals surface area contributed by atoms with Crippen molar-refractivity contribution >= 4 is 17.0 Å². The van der Waals surface area contributed by atoms with Crippen LogP contribution < -0.4 is 0 Å². The molecule has 0 aliphatic heterocycles. The SMILES string of the molecule is Oc1cccn2nc(Cc3cccs3)nc12. The first-order chi connectivity index (χ1) is 7.83. The van der Waals surface area contributed by atoms with Crippen LogP contribution in [0.1, 0.15) is 10.7 Å². The Morgan fingerprint density at radius 1 is 1.31 bits per heavy atom. The minimum absolute atomic E-state index is 0.160. The summed E-state index contributed by atoms with van der Waals surface area (Å²) < 4.78 is 1.60. The maximum Gasteiger partial charge on any atom is 0.197 e. The van der Waals surface area contributed by atoms with Gasteiger partial charge in [0.15, 0.2) is 17.2 Å². The molecule has 0 aromatic carbocycles. The van der Waals surface area contributed by atoms with Crippen LogP contribution >= 0.6 is 11.3 Å². The van der Waals surface area contributed by atoms with Gasteiger partial charge in [0, 0.05) is 17.5 Å². The highest BCUT2D eigenvalue weighted by molar-refractivity contribution is 7.09. The Balaban J connectivity index is 2.02. The van der Waals surface area contributed by atoms with Crippen molar-refractivity contribution in [2.75, 3.05) is 0 Å². The summed E-state index contributed by atoms with van der Waals surface area (Å²) in [4.78, 5) is 5.51. The molecule has 3 aromatic rings. The largest absolute Gasteiger partial charge is 0.504 e. The van der Waals surface area contributed by atoms with E-state index in [0.717, 1.165) is 5.82 Å². The van der Waals surface area contributed by atoms with Gasteiger partial charge in [0.25, 0.3) is 0 Å². The Kier molecular flexibility index (Phi) is 2.11. The van der Waals surface area contributed by atoms with Crippen LogP contribution in [0.4, 0.5) is 0 Å². The summed E-state index contributed by atoms with van der Waals surface area (Å²) in [5.41, 5.74) is 0.508. The summed E-state index contributed by atoms with van der Waals surface area (Å²) in [6.07, 6.45) is 2.48. The van der Waals surface area contributed by atoms with Crippen LogP contribution in [0, 0.1) is 0 Å². The van der Waals surface area contributed by atoms with E-state index in [2.05, 4.69) is 16.1 Å². The van der Waals surface area contributed by atoms with Gasteiger partial charge in [0.2, 0.25) is 0 Å². The lowest BCUT2D eigenvalue weighted by Gasteiger charge is -1.91. The van der Waals surface area contributed by atoms with Crippen molar-refractivity contribution in [1.29, 1.82) is 0 Å². The summed E-state index contributed by atoms with van der Waals surface area (Å²) in [6.45, 7) is 0. The van der Waals surface area contributed by atoms with Gasteiger partial charge < -0.3 is 5.11 Å². The molecule has 0 aliphatic rings. The average molecular weight is 231 g/mol. The molecule has 1 N–H and O–H groups in total. The third-order valence-electron chi connectivity index (χ3n) is 2.30. The first-order valence-corrected chi connectivity index (χ1v) is 5.76. The smallest absolute Gasteiger partial charge is 0.197 e. The van der Waals surface area contributed by atoms with Gasteiger partial charge in [-0.1, -0.05) is 6.07 Å². The lowest BCUT2D eigenvalue weighted by Crippen LogP contribution is -1.89. The number of thiophene rings is 1. The van der Waals surface area contributed by atoms with E-state index < -0.39 is 0 Å². The maximum absolute atomic E-state index is 9.59. The Morgan fingerprint density at radius 2 is 2.25 bits per heavy atom. The third kappa shape index (κ3) is 1.55. The maximum atomic E-state index is 9.59. The highest BCUT2D eigenvalue weighted by Gasteiger charge is 2.07. The Morgan fingerprint density at radius 3 is 3.00 bits per heavy atom. The number of nitrogens with zero attached hydrogens (tertiary/aromatic N) is 3. The highest BCUT2D eigenvalue weighted by Crippen LogP contribution is 2.17. The average Bonchev–Trinajstić information content (AvgIpc) is 2.88. The van der Waals surface area contributed by atoms with Crippen molar-refractivity contribution in [3.05, 3.63) is 46.5 Å². The topological polar surface area (TPSA) is 50.4 Å². The predicted molar refractivity (Wildman–Crippen MR) is 61.8 cm³/mol. The van der Waals surface area contributed by atoms with Gasteiger partial charge in [-0.2, -0.15) is 5.10 Å². The number of aromatic nitrogens is 3. The third-order valence-corrected chi connectivity index (χ3v) is 3.17. The minimum Gasteiger partial charge on any atom is -0.504 e. The van der Waals surface area contributed by atoms with E-state index in [4.69, 9.17) is 0 Å². The van der Waals surface area contributed by atoms with Crippen molar-refractivity contribution in [3.8, 4) is 5.75 Å². The zero-order valence-electron chi connectivity index (χ0n) is 8.37. The fourth-order valence-corrected chi connectivity index (χ4v) is 2.28. The van der Waals surface area contributed by atoms with Crippen LogP contribution in [0.2, 0.25) is 0 Å². The highest BCUT2D eigenvalue weighted by atomic mass is 32.1. The monoisotopic (exact) mass is 231 g/mol. The number of hydrogen-bond donors (Lipinski definition) is 1. The number of rotatable bonds is 2. The van der Waals surface area contributed by atoms with Crippen LogP contribution in [0.15, 0.2) is 35.8 Å². The quantitative estimate of drug-likeness (QED) is 0.734.